The first-order chi connectivity index (χ1) is 10.2. The molecule has 4 saturated carbocycles. The van der Waals surface area contributed by atoms with Crippen molar-refractivity contribution in [1.29, 1.82) is 0 Å². The Kier molecular flexibility index (Phi) is 3.32. The molecular weight excluding hydrogens is 260 g/mol. The van der Waals surface area contributed by atoms with Crippen LogP contribution in [-0.2, 0) is 13.5 Å². The summed E-state index contributed by atoms with van der Waals surface area (Å²) in [5, 5.41) is 8.08. The average Bonchev–Trinajstić information content (AvgIpc) is 2.82. The number of likely N-dealkylation sites (N-methyl/N-ethyl adjacent to an activating group) is 1. The van der Waals surface area contributed by atoms with E-state index in [2.05, 4.69) is 22.3 Å². The fourth-order valence-corrected chi connectivity index (χ4v) is 6.04. The lowest BCUT2D eigenvalue weighted by Crippen LogP contribution is -2.56. The van der Waals surface area contributed by atoms with Gasteiger partial charge in [0.05, 0.1) is 0 Å². The van der Waals surface area contributed by atoms with Crippen LogP contribution in [0, 0.1) is 23.2 Å². The zero-order valence-electron chi connectivity index (χ0n) is 13.4. The number of nitrogens with one attached hydrogen (secondary N) is 1. The largest absolute Gasteiger partial charge is 0.313 e. The van der Waals surface area contributed by atoms with Crippen molar-refractivity contribution in [3.63, 3.8) is 0 Å². The maximum absolute atomic E-state index is 4.48. The van der Waals surface area contributed by atoms with Gasteiger partial charge in [-0.3, -0.25) is 4.68 Å². The zero-order valence-corrected chi connectivity index (χ0v) is 13.4. The second kappa shape index (κ2) is 5.08. The van der Waals surface area contributed by atoms with Crippen LogP contribution in [0.15, 0.2) is 6.33 Å². The summed E-state index contributed by atoms with van der Waals surface area (Å²) in [4.78, 5) is 4.48. The number of nitrogens with zero attached hydrogens (tertiary/aromatic N) is 3. The van der Waals surface area contributed by atoms with Crippen LogP contribution in [0.5, 0.6) is 0 Å². The number of aryl methyl sites for hydroxylation is 1. The predicted molar refractivity (Wildman–Crippen MR) is 82.8 cm³/mol. The van der Waals surface area contributed by atoms with Gasteiger partial charge in [0.15, 0.2) is 0 Å². The molecular formula is C17H28N4. The lowest BCUT2D eigenvalue weighted by molar-refractivity contribution is -0.0738. The van der Waals surface area contributed by atoms with Crippen LogP contribution in [0.1, 0.15) is 51.3 Å². The SMILES string of the molecule is CCNC(Cc1ncnn1C)C12CC3CC(CC(C3)C1)C2. The van der Waals surface area contributed by atoms with E-state index in [1.165, 1.54) is 38.5 Å². The minimum absolute atomic E-state index is 0.538. The first-order valence-corrected chi connectivity index (χ1v) is 8.75. The van der Waals surface area contributed by atoms with E-state index in [1.807, 2.05) is 11.7 Å². The molecule has 4 fully saturated rings. The van der Waals surface area contributed by atoms with E-state index in [4.69, 9.17) is 0 Å². The van der Waals surface area contributed by atoms with Gasteiger partial charge in [-0.2, -0.15) is 5.10 Å². The monoisotopic (exact) mass is 288 g/mol. The van der Waals surface area contributed by atoms with Crippen LogP contribution in [0.2, 0.25) is 0 Å². The van der Waals surface area contributed by atoms with Gasteiger partial charge in [0, 0.05) is 19.5 Å². The molecule has 1 aromatic heterocycles. The molecule has 4 nitrogen and oxygen atoms in total. The third kappa shape index (κ3) is 2.32. The summed E-state index contributed by atoms with van der Waals surface area (Å²) in [6, 6.07) is 0.582. The van der Waals surface area contributed by atoms with Crippen molar-refractivity contribution < 1.29 is 0 Å². The fraction of sp³-hybridized carbons (Fsp3) is 0.882. The van der Waals surface area contributed by atoms with Gasteiger partial charge in [-0.1, -0.05) is 6.92 Å². The van der Waals surface area contributed by atoms with Gasteiger partial charge in [-0.05, 0) is 68.2 Å². The molecule has 1 atom stereocenters. The summed E-state index contributed by atoms with van der Waals surface area (Å²) >= 11 is 0. The van der Waals surface area contributed by atoms with Crippen molar-refractivity contribution in [2.24, 2.45) is 30.2 Å². The molecule has 5 rings (SSSR count). The van der Waals surface area contributed by atoms with Crippen LogP contribution < -0.4 is 5.32 Å². The van der Waals surface area contributed by atoms with E-state index in [0.717, 1.165) is 36.5 Å². The molecule has 1 heterocycles. The topological polar surface area (TPSA) is 42.7 Å². The highest BCUT2D eigenvalue weighted by molar-refractivity contribution is 5.08. The second-order valence-electron chi connectivity index (χ2n) is 7.89. The Hall–Kier alpha value is -0.900. The zero-order chi connectivity index (χ0) is 14.4. The molecule has 0 aromatic carbocycles. The molecule has 0 amide bonds. The Morgan fingerprint density at radius 1 is 1.24 bits per heavy atom. The second-order valence-corrected chi connectivity index (χ2v) is 7.89. The summed E-state index contributed by atoms with van der Waals surface area (Å²) < 4.78 is 1.95. The third-order valence-corrected chi connectivity index (χ3v) is 6.47. The van der Waals surface area contributed by atoms with Crippen molar-refractivity contribution in [1.82, 2.24) is 20.1 Å². The number of hydrogen-bond donors (Lipinski definition) is 1. The molecule has 4 aliphatic carbocycles. The summed E-state index contributed by atoms with van der Waals surface area (Å²) in [6.07, 6.45) is 11.6. The van der Waals surface area contributed by atoms with Crippen molar-refractivity contribution >= 4 is 0 Å². The van der Waals surface area contributed by atoms with E-state index < -0.39 is 0 Å². The molecule has 1 unspecified atom stereocenters. The molecule has 116 valence electrons. The lowest BCUT2D eigenvalue weighted by atomic mass is 9.47. The average molecular weight is 288 g/mol. The van der Waals surface area contributed by atoms with Crippen molar-refractivity contribution in [2.75, 3.05) is 6.54 Å². The van der Waals surface area contributed by atoms with Gasteiger partial charge in [-0.25, -0.2) is 4.98 Å². The van der Waals surface area contributed by atoms with Gasteiger partial charge < -0.3 is 5.32 Å². The van der Waals surface area contributed by atoms with Crippen molar-refractivity contribution in [2.45, 2.75) is 57.9 Å². The number of rotatable bonds is 5. The minimum Gasteiger partial charge on any atom is -0.313 e. The van der Waals surface area contributed by atoms with Crippen LogP contribution in [0.25, 0.3) is 0 Å². The minimum atomic E-state index is 0.538. The summed E-state index contributed by atoms with van der Waals surface area (Å²) in [5.74, 6) is 4.17. The normalized spacial score (nSPS) is 38.9. The van der Waals surface area contributed by atoms with Crippen molar-refractivity contribution in [3.05, 3.63) is 12.2 Å². The Balaban J connectivity index is 1.60. The molecule has 4 heteroatoms. The third-order valence-electron chi connectivity index (χ3n) is 6.47. The van der Waals surface area contributed by atoms with Gasteiger partial charge >= 0.3 is 0 Å². The van der Waals surface area contributed by atoms with Crippen LogP contribution in [-0.4, -0.2) is 27.4 Å². The maximum atomic E-state index is 4.48. The van der Waals surface area contributed by atoms with Crippen LogP contribution in [0.4, 0.5) is 0 Å². The molecule has 4 aliphatic rings. The molecule has 21 heavy (non-hydrogen) atoms. The highest BCUT2D eigenvalue weighted by Crippen LogP contribution is 2.61. The van der Waals surface area contributed by atoms with Crippen molar-refractivity contribution in [3.8, 4) is 0 Å². The Morgan fingerprint density at radius 2 is 1.86 bits per heavy atom. The van der Waals surface area contributed by atoms with E-state index in [0.29, 0.717) is 11.5 Å². The van der Waals surface area contributed by atoms with Crippen LogP contribution in [0.3, 0.4) is 0 Å². The molecule has 1 N–H and O–H groups in total. The quantitative estimate of drug-likeness (QED) is 0.905. The van der Waals surface area contributed by atoms with E-state index in [9.17, 15) is 0 Å². The van der Waals surface area contributed by atoms with Gasteiger partial charge in [0.25, 0.3) is 0 Å². The maximum Gasteiger partial charge on any atom is 0.138 e. The highest BCUT2D eigenvalue weighted by Gasteiger charge is 2.54. The molecule has 0 saturated heterocycles. The fourth-order valence-electron chi connectivity index (χ4n) is 6.04. The van der Waals surface area contributed by atoms with Gasteiger partial charge in [-0.15, -0.1) is 0 Å². The smallest absolute Gasteiger partial charge is 0.138 e. The number of aromatic nitrogens is 3. The van der Waals surface area contributed by atoms with E-state index >= 15 is 0 Å². The first-order valence-electron chi connectivity index (χ1n) is 8.75. The molecule has 0 aliphatic heterocycles. The number of hydrogen-bond acceptors (Lipinski definition) is 3. The standard InChI is InChI=1S/C17H28N4/c1-3-18-15(7-16-19-11-20-21(16)2)17-8-12-4-13(9-17)6-14(5-12)10-17/h11-15,18H,3-10H2,1-2H3. The molecule has 0 spiro atoms. The Bertz CT molecular complexity index is 471. The Labute approximate surface area is 127 Å². The predicted octanol–water partition coefficient (Wildman–Crippen LogP) is 2.55. The first kappa shape index (κ1) is 13.7. The summed E-state index contributed by atoms with van der Waals surface area (Å²) in [6.45, 7) is 3.30. The molecule has 0 radical (unpaired) electrons. The van der Waals surface area contributed by atoms with E-state index in [1.54, 1.807) is 6.33 Å². The molecule has 1 aromatic rings. The van der Waals surface area contributed by atoms with Crippen LogP contribution >= 0.6 is 0 Å². The highest BCUT2D eigenvalue weighted by atomic mass is 15.3. The van der Waals surface area contributed by atoms with Gasteiger partial charge in [0.1, 0.15) is 12.2 Å². The summed E-state index contributed by atoms with van der Waals surface area (Å²) in [7, 11) is 2.02. The van der Waals surface area contributed by atoms with Gasteiger partial charge in [0.2, 0.25) is 0 Å². The molecule has 4 bridgehead atoms. The Morgan fingerprint density at radius 3 is 2.33 bits per heavy atom. The lowest BCUT2D eigenvalue weighted by Gasteiger charge is -2.59. The van der Waals surface area contributed by atoms with E-state index in [-0.39, 0.29) is 0 Å². The summed E-state index contributed by atoms with van der Waals surface area (Å²) in [5.41, 5.74) is 0.538.